The van der Waals surface area contributed by atoms with Crippen molar-refractivity contribution in [1.29, 1.82) is 0 Å². The van der Waals surface area contributed by atoms with Gasteiger partial charge in [-0.25, -0.2) is 0 Å². The van der Waals surface area contributed by atoms with Crippen molar-refractivity contribution in [1.82, 2.24) is 10.6 Å². The van der Waals surface area contributed by atoms with Crippen LogP contribution in [0.15, 0.2) is 25.3 Å². The van der Waals surface area contributed by atoms with E-state index in [0.717, 1.165) is 48.0 Å². The Hall–Kier alpha value is -1.55. The molecule has 0 fully saturated rings. The predicted octanol–water partition coefficient (Wildman–Crippen LogP) is -1.42. The van der Waals surface area contributed by atoms with Gasteiger partial charge in [0.25, 0.3) is 0 Å². The molecule has 0 rings (SSSR count). The number of amides is 2. The van der Waals surface area contributed by atoms with Crippen molar-refractivity contribution in [2.45, 2.75) is 12.8 Å². The van der Waals surface area contributed by atoms with Gasteiger partial charge in [0.1, 0.15) is 0 Å². The highest BCUT2D eigenvalue weighted by Crippen LogP contribution is 2.11. The molecule has 11 heteroatoms. The molecule has 0 radical (unpaired) electrons. The molecule has 0 aromatic heterocycles. The van der Waals surface area contributed by atoms with E-state index < -0.39 is 7.82 Å². The van der Waals surface area contributed by atoms with E-state index in [1.807, 2.05) is 0 Å². The summed E-state index contributed by atoms with van der Waals surface area (Å²) in [5, 5.41) is 5.48. The van der Waals surface area contributed by atoms with Crippen LogP contribution in [0.4, 0.5) is 0 Å². The van der Waals surface area contributed by atoms with Gasteiger partial charge in [-0.1, -0.05) is 13.2 Å². The number of phosphoric acid groups is 1. The van der Waals surface area contributed by atoms with Gasteiger partial charge in [-0.2, -0.15) is 0 Å². The monoisotopic (exact) mass is 438 g/mol. The molecule has 0 aromatic rings. The number of hydrogen-bond donors (Lipinski definition) is 3. The number of rotatable bonds is 10. The fraction of sp³-hybridized carbons (Fsp3) is 0.667. The molecule has 0 atom stereocenters. The van der Waals surface area contributed by atoms with Gasteiger partial charge in [-0.15, -0.1) is 0 Å². The molecule has 0 bridgehead atoms. The van der Waals surface area contributed by atoms with Crippen LogP contribution in [0.1, 0.15) is 12.8 Å². The molecular weight excluding hydrogens is 399 g/mol. The van der Waals surface area contributed by atoms with Crippen LogP contribution in [0.25, 0.3) is 0 Å². The molecule has 0 saturated carbocycles. The van der Waals surface area contributed by atoms with Crippen LogP contribution in [0.2, 0.25) is 0 Å². The van der Waals surface area contributed by atoms with Gasteiger partial charge < -0.3 is 38.8 Å². The zero-order valence-electron chi connectivity index (χ0n) is 18.6. The first kappa shape index (κ1) is 32.1. The molecule has 0 aliphatic heterocycles. The zero-order valence-corrected chi connectivity index (χ0v) is 19.5. The van der Waals surface area contributed by atoms with Crippen LogP contribution >= 0.6 is 7.82 Å². The summed E-state index contributed by atoms with van der Waals surface area (Å²) in [6.45, 7) is 10.4. The van der Waals surface area contributed by atoms with Crippen LogP contribution in [-0.4, -0.2) is 94.1 Å². The third kappa shape index (κ3) is 46.5. The number of quaternary nitrogens is 2. The Morgan fingerprint density at radius 1 is 0.862 bits per heavy atom. The maximum absolute atomic E-state index is 10.7. The second-order valence-electron chi connectivity index (χ2n) is 8.19. The van der Waals surface area contributed by atoms with E-state index in [2.05, 4.69) is 66.1 Å². The Bertz CT molecular complexity index is 489. The lowest BCUT2D eigenvalue weighted by molar-refractivity contribution is -0.870. The molecule has 0 aromatic carbocycles. The first-order valence-corrected chi connectivity index (χ1v) is 10.6. The zero-order chi connectivity index (χ0) is 23.7. The minimum Gasteiger partial charge on any atom is -0.790 e. The number of carbonyl (C=O) groups excluding carboxylic acids is 2. The molecule has 0 heterocycles. The summed E-state index contributed by atoms with van der Waals surface area (Å²) in [5.41, 5.74) is 0. The maximum atomic E-state index is 10.7. The molecule has 0 spiro atoms. The number of nitrogens with one attached hydrogen (secondary N) is 2. The third-order valence-corrected chi connectivity index (χ3v) is 2.98. The van der Waals surface area contributed by atoms with Crippen molar-refractivity contribution in [2.75, 3.05) is 68.5 Å². The lowest BCUT2D eigenvalue weighted by Crippen LogP contribution is -2.37. The normalized spacial score (nSPS) is 11.1. The predicted molar refractivity (Wildman–Crippen MR) is 111 cm³/mol. The molecule has 3 N–H and O–H groups in total. The van der Waals surface area contributed by atoms with E-state index in [1.54, 1.807) is 0 Å². The minimum atomic E-state index is -5.14. The van der Waals surface area contributed by atoms with Crippen molar-refractivity contribution in [2.24, 2.45) is 0 Å². The highest BCUT2D eigenvalue weighted by Gasteiger charge is 2.06. The number of nitrogens with zero attached hydrogens (tertiary/aromatic N) is 2. The van der Waals surface area contributed by atoms with Crippen molar-refractivity contribution >= 4 is 19.6 Å². The molecule has 0 aliphatic carbocycles. The van der Waals surface area contributed by atoms with E-state index >= 15 is 0 Å². The molecule has 29 heavy (non-hydrogen) atoms. The summed E-state index contributed by atoms with van der Waals surface area (Å²) in [5.74, 6) is -0.173. The Morgan fingerprint density at radius 3 is 1.28 bits per heavy atom. The average Bonchev–Trinajstić information content (AvgIpc) is 2.52. The fourth-order valence-corrected chi connectivity index (χ4v) is 1.67. The molecule has 0 unspecified atom stereocenters. The largest absolute Gasteiger partial charge is 0.790 e. The van der Waals surface area contributed by atoms with Gasteiger partial charge in [0.15, 0.2) is 0 Å². The van der Waals surface area contributed by atoms with E-state index in [4.69, 9.17) is 19.2 Å². The van der Waals surface area contributed by atoms with E-state index in [9.17, 15) is 9.59 Å². The molecule has 0 aliphatic rings. The smallest absolute Gasteiger partial charge is 0.243 e. The van der Waals surface area contributed by atoms with Gasteiger partial charge in [-0.3, -0.25) is 9.59 Å². The fourth-order valence-electron chi connectivity index (χ4n) is 1.67. The van der Waals surface area contributed by atoms with Crippen LogP contribution < -0.4 is 20.4 Å². The first-order valence-electron chi connectivity index (χ1n) is 9.07. The third-order valence-electron chi connectivity index (χ3n) is 2.98. The second kappa shape index (κ2) is 16.3. The van der Waals surface area contributed by atoms with Gasteiger partial charge in [-0.05, 0) is 12.2 Å². The van der Waals surface area contributed by atoms with Crippen molar-refractivity contribution in [3.05, 3.63) is 25.3 Å². The van der Waals surface area contributed by atoms with E-state index in [-0.39, 0.29) is 11.8 Å². The van der Waals surface area contributed by atoms with Crippen molar-refractivity contribution in [3.8, 4) is 0 Å². The van der Waals surface area contributed by atoms with Gasteiger partial charge >= 0.3 is 0 Å². The summed E-state index contributed by atoms with van der Waals surface area (Å²) in [6, 6.07) is 0. The summed E-state index contributed by atoms with van der Waals surface area (Å²) in [7, 11) is 7.67. The van der Waals surface area contributed by atoms with Crippen LogP contribution in [0.3, 0.4) is 0 Å². The summed E-state index contributed by atoms with van der Waals surface area (Å²) < 4.78 is 10.5. The Balaban J connectivity index is -0.000000380. The van der Waals surface area contributed by atoms with E-state index in [0.29, 0.717) is 0 Å². The van der Waals surface area contributed by atoms with Crippen LogP contribution in [0.5, 0.6) is 0 Å². The molecule has 0 saturated heterocycles. The van der Waals surface area contributed by atoms with Crippen LogP contribution in [-0.2, 0) is 14.2 Å². The Morgan fingerprint density at radius 2 is 1.10 bits per heavy atom. The molecular formula is C18H39N4O6P. The summed E-state index contributed by atoms with van der Waals surface area (Å²) in [6.07, 6.45) is 4.60. The standard InChI is InChI=1S/2C9H18N2O.H3O4P/c2*1-5-9(12)10-7-6-8-11(2,3)4;1-5(2,3)4/h2*5H,1,6-8H2,2-4H3;(H3,1,2,3,4). The first-order chi connectivity index (χ1) is 12.9. The highest BCUT2D eigenvalue weighted by molar-refractivity contribution is 7.42. The summed E-state index contributed by atoms with van der Waals surface area (Å²) >= 11 is 0. The lowest BCUT2D eigenvalue weighted by Gasteiger charge is -2.23. The van der Waals surface area contributed by atoms with Gasteiger partial charge in [0, 0.05) is 25.9 Å². The second-order valence-corrected chi connectivity index (χ2v) is 9.13. The van der Waals surface area contributed by atoms with Crippen molar-refractivity contribution in [3.63, 3.8) is 0 Å². The van der Waals surface area contributed by atoms with E-state index in [1.165, 1.54) is 12.2 Å². The topological polar surface area (TPSA) is 142 Å². The minimum absolute atomic E-state index is 0.0867. The SMILES string of the molecule is C=CC(=O)NCCC[N+](C)(C)C.C=CC(=O)NCCC[N+](C)(C)C.O=P([O-])([O-])O. The maximum Gasteiger partial charge on any atom is 0.243 e. The molecule has 2 amide bonds. The Labute approximate surface area is 175 Å². The molecule has 172 valence electrons. The molecule has 10 nitrogen and oxygen atoms in total. The summed E-state index contributed by atoms with van der Waals surface area (Å²) in [4.78, 5) is 45.7. The van der Waals surface area contributed by atoms with Gasteiger partial charge in [0.05, 0.1) is 63.2 Å². The average molecular weight is 439 g/mol. The van der Waals surface area contributed by atoms with Crippen molar-refractivity contribution < 1.29 is 37.8 Å². The number of carbonyl (C=O) groups is 2. The van der Waals surface area contributed by atoms with Crippen LogP contribution in [0, 0.1) is 0 Å². The van der Waals surface area contributed by atoms with Gasteiger partial charge in [0.2, 0.25) is 11.8 Å². The highest BCUT2D eigenvalue weighted by atomic mass is 31.2. The number of hydrogen-bond acceptors (Lipinski definition) is 5. The quantitative estimate of drug-likeness (QED) is 0.165. The lowest BCUT2D eigenvalue weighted by atomic mass is 10.3. The Kier molecular flexibility index (Phi) is 18.0.